The first-order chi connectivity index (χ1) is 11.9. The lowest BCUT2D eigenvalue weighted by molar-refractivity contribution is 0.0940. The molecular weight excluding hydrogens is 416 g/mol. The number of ketones is 1. The van der Waals surface area contributed by atoms with E-state index in [4.69, 9.17) is 0 Å². The molecule has 0 fully saturated rings. The number of benzene rings is 1. The molecule has 0 saturated heterocycles. The Labute approximate surface area is 164 Å². The van der Waals surface area contributed by atoms with E-state index in [0.29, 0.717) is 25.9 Å². The molecule has 0 aliphatic heterocycles. The molecule has 7 heteroatoms. The van der Waals surface area contributed by atoms with Gasteiger partial charge in [0.1, 0.15) is 0 Å². The van der Waals surface area contributed by atoms with Crippen LogP contribution in [0.15, 0.2) is 22.7 Å². The van der Waals surface area contributed by atoms with E-state index < -0.39 is 10.0 Å². The van der Waals surface area contributed by atoms with Crippen molar-refractivity contribution in [2.45, 2.75) is 47.1 Å². The zero-order valence-corrected chi connectivity index (χ0v) is 18.4. The van der Waals surface area contributed by atoms with Crippen molar-refractivity contribution in [3.63, 3.8) is 0 Å². The Hall–Kier alpha value is -1.18. The van der Waals surface area contributed by atoms with E-state index in [-0.39, 0.29) is 11.2 Å². The zero-order valence-electron chi connectivity index (χ0n) is 16.0. The number of hydrogen-bond donors (Lipinski definition) is 1. The lowest BCUT2D eigenvalue weighted by Gasteiger charge is -2.17. The standard InChI is InChI=1S/C19H27BrN2O3S/c1-13-17(16(23)12-19(2,3)4)14-8-6-9-15(20)18(14)22(13)11-7-10-21-26(5,24)25/h6,8-9,21H,7,10-12H2,1-5H3. The smallest absolute Gasteiger partial charge is 0.208 e. The minimum Gasteiger partial charge on any atom is -0.343 e. The third-order valence-corrected chi connectivity index (χ3v) is 5.55. The van der Waals surface area contributed by atoms with Gasteiger partial charge in [0.05, 0.1) is 11.8 Å². The Morgan fingerprint density at radius 1 is 1.27 bits per heavy atom. The van der Waals surface area contributed by atoms with Crippen LogP contribution in [-0.4, -0.2) is 31.6 Å². The van der Waals surface area contributed by atoms with Gasteiger partial charge in [-0.1, -0.05) is 32.9 Å². The molecule has 0 atom stereocenters. The number of halogens is 1. The summed E-state index contributed by atoms with van der Waals surface area (Å²) in [6, 6.07) is 5.88. The largest absolute Gasteiger partial charge is 0.343 e. The van der Waals surface area contributed by atoms with Crippen LogP contribution in [0.2, 0.25) is 0 Å². The monoisotopic (exact) mass is 442 g/mol. The van der Waals surface area contributed by atoms with Crippen molar-refractivity contribution in [3.05, 3.63) is 33.9 Å². The predicted octanol–water partition coefficient (Wildman–Crippen LogP) is 4.27. The van der Waals surface area contributed by atoms with Crippen molar-refractivity contribution in [2.75, 3.05) is 12.8 Å². The molecule has 5 nitrogen and oxygen atoms in total. The summed E-state index contributed by atoms with van der Waals surface area (Å²) in [7, 11) is -3.19. The lowest BCUT2D eigenvalue weighted by atomic mass is 9.87. The number of para-hydroxylation sites is 1. The molecule has 0 unspecified atom stereocenters. The summed E-state index contributed by atoms with van der Waals surface area (Å²) in [5, 5.41) is 0.946. The van der Waals surface area contributed by atoms with Gasteiger partial charge in [0.2, 0.25) is 10.0 Å². The van der Waals surface area contributed by atoms with Crippen LogP contribution in [0.5, 0.6) is 0 Å². The summed E-state index contributed by atoms with van der Waals surface area (Å²) < 4.78 is 28.0. The summed E-state index contributed by atoms with van der Waals surface area (Å²) in [4.78, 5) is 13.0. The third kappa shape index (κ3) is 5.18. The number of carbonyl (C=O) groups is 1. The number of hydrogen-bond acceptors (Lipinski definition) is 3. The number of aromatic nitrogens is 1. The van der Waals surface area contributed by atoms with Crippen LogP contribution in [0.3, 0.4) is 0 Å². The van der Waals surface area contributed by atoms with Gasteiger partial charge in [-0.05, 0) is 40.8 Å². The average molecular weight is 443 g/mol. The van der Waals surface area contributed by atoms with Gasteiger partial charge in [-0.25, -0.2) is 13.1 Å². The van der Waals surface area contributed by atoms with Crippen molar-refractivity contribution in [1.29, 1.82) is 0 Å². The molecule has 1 heterocycles. The van der Waals surface area contributed by atoms with Gasteiger partial charge in [-0.3, -0.25) is 4.79 Å². The predicted molar refractivity (Wildman–Crippen MR) is 110 cm³/mol. The molecule has 26 heavy (non-hydrogen) atoms. The molecule has 2 aromatic rings. The Morgan fingerprint density at radius 3 is 2.50 bits per heavy atom. The van der Waals surface area contributed by atoms with Crippen molar-refractivity contribution in [3.8, 4) is 0 Å². The maximum atomic E-state index is 13.0. The molecule has 0 aliphatic carbocycles. The minimum atomic E-state index is -3.19. The second kappa shape index (κ2) is 7.82. The van der Waals surface area contributed by atoms with Gasteiger partial charge in [-0.15, -0.1) is 0 Å². The second-order valence-electron chi connectivity index (χ2n) is 7.93. The SMILES string of the molecule is Cc1c(C(=O)CC(C)(C)C)c2cccc(Br)c2n1CCCNS(C)(=O)=O. The zero-order chi connectivity index (χ0) is 19.7. The highest BCUT2D eigenvalue weighted by atomic mass is 79.9. The van der Waals surface area contributed by atoms with E-state index >= 15 is 0 Å². The number of sulfonamides is 1. The van der Waals surface area contributed by atoms with E-state index in [2.05, 4.69) is 46.0 Å². The number of aryl methyl sites for hydroxylation is 1. The van der Waals surface area contributed by atoms with E-state index in [9.17, 15) is 13.2 Å². The molecule has 1 aromatic carbocycles. The topological polar surface area (TPSA) is 68.2 Å². The molecule has 0 spiro atoms. The van der Waals surface area contributed by atoms with Crippen molar-refractivity contribution in [1.82, 2.24) is 9.29 Å². The van der Waals surface area contributed by atoms with Gasteiger partial charge >= 0.3 is 0 Å². The Balaban J connectivity index is 2.41. The maximum absolute atomic E-state index is 13.0. The number of rotatable bonds is 7. The molecule has 144 valence electrons. The van der Waals surface area contributed by atoms with Gasteiger partial charge in [0, 0.05) is 40.6 Å². The highest BCUT2D eigenvalue weighted by Crippen LogP contribution is 2.34. The summed E-state index contributed by atoms with van der Waals surface area (Å²) in [6.07, 6.45) is 2.28. The number of carbonyl (C=O) groups excluding carboxylic acids is 1. The number of fused-ring (bicyclic) bond motifs is 1. The fourth-order valence-corrected chi connectivity index (χ4v) is 4.28. The highest BCUT2D eigenvalue weighted by molar-refractivity contribution is 9.10. The van der Waals surface area contributed by atoms with Crippen LogP contribution in [0, 0.1) is 12.3 Å². The van der Waals surface area contributed by atoms with Gasteiger partial charge in [0.25, 0.3) is 0 Å². The van der Waals surface area contributed by atoms with Crippen LogP contribution in [-0.2, 0) is 16.6 Å². The fraction of sp³-hybridized carbons (Fsp3) is 0.526. The molecule has 1 N–H and O–H groups in total. The highest BCUT2D eigenvalue weighted by Gasteiger charge is 2.24. The first-order valence-corrected chi connectivity index (χ1v) is 11.3. The number of nitrogens with zero attached hydrogens (tertiary/aromatic N) is 1. The van der Waals surface area contributed by atoms with E-state index in [0.717, 1.165) is 32.9 Å². The second-order valence-corrected chi connectivity index (χ2v) is 10.6. The molecule has 0 aliphatic rings. The summed E-state index contributed by atoms with van der Waals surface area (Å²) in [5.74, 6) is 0.145. The lowest BCUT2D eigenvalue weighted by Crippen LogP contribution is -2.24. The normalized spacial score (nSPS) is 12.7. The van der Waals surface area contributed by atoms with Crippen LogP contribution in [0.25, 0.3) is 10.9 Å². The van der Waals surface area contributed by atoms with Crippen LogP contribution < -0.4 is 4.72 Å². The molecule has 1 aromatic heterocycles. The van der Waals surface area contributed by atoms with E-state index in [1.807, 2.05) is 25.1 Å². The van der Waals surface area contributed by atoms with Crippen molar-refractivity contribution in [2.24, 2.45) is 5.41 Å². The van der Waals surface area contributed by atoms with Gasteiger partial charge in [-0.2, -0.15) is 0 Å². The van der Waals surface area contributed by atoms with Crippen LogP contribution in [0.4, 0.5) is 0 Å². The van der Waals surface area contributed by atoms with Gasteiger partial charge < -0.3 is 4.57 Å². The first kappa shape index (κ1) is 21.1. The quantitative estimate of drug-likeness (QED) is 0.513. The fourth-order valence-electron chi connectivity index (χ4n) is 3.19. The summed E-state index contributed by atoms with van der Waals surface area (Å²) in [6.45, 7) is 9.15. The number of Topliss-reactive ketones (excluding diaryl/α,β-unsaturated/α-hetero) is 1. The van der Waals surface area contributed by atoms with Crippen molar-refractivity contribution >= 4 is 42.6 Å². The maximum Gasteiger partial charge on any atom is 0.208 e. The van der Waals surface area contributed by atoms with Crippen LogP contribution in [0.1, 0.15) is 49.7 Å². The molecule has 0 saturated carbocycles. The van der Waals surface area contributed by atoms with E-state index in [1.165, 1.54) is 0 Å². The first-order valence-electron chi connectivity index (χ1n) is 8.66. The summed E-state index contributed by atoms with van der Waals surface area (Å²) in [5.41, 5.74) is 2.61. The average Bonchev–Trinajstić information content (AvgIpc) is 2.74. The Morgan fingerprint density at radius 2 is 1.92 bits per heavy atom. The minimum absolute atomic E-state index is 0.0800. The molecular formula is C19H27BrN2O3S. The van der Waals surface area contributed by atoms with Gasteiger partial charge in [0.15, 0.2) is 5.78 Å². The molecule has 0 bridgehead atoms. The van der Waals surface area contributed by atoms with Crippen LogP contribution >= 0.6 is 15.9 Å². The Kier molecular flexibility index (Phi) is 6.36. The molecule has 2 rings (SSSR count). The number of nitrogens with one attached hydrogen (secondary N) is 1. The molecule has 0 amide bonds. The third-order valence-electron chi connectivity index (χ3n) is 4.19. The Bertz CT molecular complexity index is 924. The molecule has 0 radical (unpaired) electrons. The summed E-state index contributed by atoms with van der Waals surface area (Å²) >= 11 is 3.60. The van der Waals surface area contributed by atoms with E-state index in [1.54, 1.807) is 0 Å². The van der Waals surface area contributed by atoms with Crippen molar-refractivity contribution < 1.29 is 13.2 Å².